The van der Waals surface area contributed by atoms with Crippen molar-refractivity contribution >= 4 is 12.0 Å². The average Bonchev–Trinajstić information content (AvgIpc) is 2.95. The van der Waals surface area contributed by atoms with E-state index in [9.17, 15) is 9.59 Å². The summed E-state index contributed by atoms with van der Waals surface area (Å²) in [5, 5.41) is 11.4. The third-order valence-corrected chi connectivity index (χ3v) is 3.10. The Morgan fingerprint density at radius 2 is 2.42 bits per heavy atom. The molecule has 1 saturated heterocycles. The fourth-order valence-electron chi connectivity index (χ4n) is 2.18. The summed E-state index contributed by atoms with van der Waals surface area (Å²) in [6.07, 6.45) is 2.45. The first-order valence-electron chi connectivity index (χ1n) is 6.20. The molecular formula is C12H17N3O4. The minimum Gasteiger partial charge on any atom is -0.481 e. The van der Waals surface area contributed by atoms with Gasteiger partial charge in [0.25, 0.3) is 0 Å². The second kappa shape index (κ2) is 5.73. The van der Waals surface area contributed by atoms with E-state index in [1.54, 1.807) is 18.0 Å². The highest BCUT2D eigenvalue weighted by Crippen LogP contribution is 2.19. The standard InChI is InChI=1S/C12H17N3O4/c1-8-5-13-10(19-8)6-14-12(18)15-3-2-9(7-15)4-11(16)17/h5,9H,2-4,6-7H2,1H3,(H,14,18)(H,16,17). The lowest BCUT2D eigenvalue weighted by molar-refractivity contribution is -0.138. The van der Waals surface area contributed by atoms with Crippen LogP contribution in [0.3, 0.4) is 0 Å². The average molecular weight is 267 g/mol. The summed E-state index contributed by atoms with van der Waals surface area (Å²) in [5.41, 5.74) is 0. The number of nitrogens with one attached hydrogen (secondary N) is 1. The van der Waals surface area contributed by atoms with E-state index in [0.29, 0.717) is 24.7 Å². The molecule has 2 rings (SSSR count). The molecule has 2 heterocycles. The van der Waals surface area contributed by atoms with E-state index in [1.165, 1.54) is 0 Å². The Kier molecular flexibility index (Phi) is 4.03. The van der Waals surface area contributed by atoms with Gasteiger partial charge in [0.05, 0.1) is 12.7 Å². The van der Waals surface area contributed by atoms with Crippen LogP contribution in [0.5, 0.6) is 0 Å². The Morgan fingerprint density at radius 1 is 1.63 bits per heavy atom. The van der Waals surface area contributed by atoms with Crippen LogP contribution in [0.4, 0.5) is 4.79 Å². The second-order valence-corrected chi connectivity index (χ2v) is 4.72. The van der Waals surface area contributed by atoms with Gasteiger partial charge >= 0.3 is 12.0 Å². The highest BCUT2D eigenvalue weighted by molar-refractivity contribution is 5.74. The highest BCUT2D eigenvalue weighted by atomic mass is 16.4. The number of aryl methyl sites for hydroxylation is 1. The summed E-state index contributed by atoms with van der Waals surface area (Å²) in [6.45, 7) is 3.11. The maximum atomic E-state index is 11.9. The Labute approximate surface area is 110 Å². The first-order valence-corrected chi connectivity index (χ1v) is 6.20. The van der Waals surface area contributed by atoms with Crippen molar-refractivity contribution in [2.24, 2.45) is 5.92 Å². The van der Waals surface area contributed by atoms with Crippen LogP contribution < -0.4 is 5.32 Å². The zero-order chi connectivity index (χ0) is 13.8. The quantitative estimate of drug-likeness (QED) is 0.848. The lowest BCUT2D eigenvalue weighted by atomic mass is 10.1. The van der Waals surface area contributed by atoms with Gasteiger partial charge in [-0.1, -0.05) is 0 Å². The van der Waals surface area contributed by atoms with Crippen molar-refractivity contribution in [1.82, 2.24) is 15.2 Å². The van der Waals surface area contributed by atoms with Gasteiger partial charge in [-0.05, 0) is 19.3 Å². The van der Waals surface area contributed by atoms with E-state index >= 15 is 0 Å². The largest absolute Gasteiger partial charge is 0.481 e. The molecule has 1 aliphatic heterocycles. The number of urea groups is 1. The van der Waals surface area contributed by atoms with Crippen LogP contribution in [0.2, 0.25) is 0 Å². The van der Waals surface area contributed by atoms with Gasteiger partial charge in [-0.25, -0.2) is 9.78 Å². The van der Waals surface area contributed by atoms with E-state index in [0.717, 1.165) is 6.42 Å². The van der Waals surface area contributed by atoms with Crippen LogP contribution in [0.25, 0.3) is 0 Å². The fourth-order valence-corrected chi connectivity index (χ4v) is 2.18. The van der Waals surface area contributed by atoms with Gasteiger partial charge in [0.2, 0.25) is 5.89 Å². The van der Waals surface area contributed by atoms with Crippen molar-refractivity contribution in [3.8, 4) is 0 Å². The summed E-state index contributed by atoms with van der Waals surface area (Å²) >= 11 is 0. The van der Waals surface area contributed by atoms with Crippen LogP contribution >= 0.6 is 0 Å². The molecule has 2 amide bonds. The number of carboxylic acid groups (broad SMARTS) is 1. The van der Waals surface area contributed by atoms with Crippen LogP contribution in [0, 0.1) is 12.8 Å². The van der Waals surface area contributed by atoms with E-state index in [2.05, 4.69) is 10.3 Å². The summed E-state index contributed by atoms with van der Waals surface area (Å²) in [4.78, 5) is 28.1. The van der Waals surface area contributed by atoms with E-state index in [4.69, 9.17) is 9.52 Å². The molecule has 1 aromatic rings. The third kappa shape index (κ3) is 3.70. The van der Waals surface area contributed by atoms with Crippen molar-refractivity contribution < 1.29 is 19.1 Å². The second-order valence-electron chi connectivity index (χ2n) is 4.72. The van der Waals surface area contributed by atoms with Gasteiger partial charge in [0, 0.05) is 19.5 Å². The Hall–Kier alpha value is -2.05. The maximum Gasteiger partial charge on any atom is 0.317 e. The first kappa shape index (κ1) is 13.4. The number of likely N-dealkylation sites (tertiary alicyclic amines) is 1. The van der Waals surface area contributed by atoms with Crippen molar-refractivity contribution in [3.63, 3.8) is 0 Å². The summed E-state index contributed by atoms with van der Waals surface area (Å²) < 4.78 is 5.25. The number of aliphatic carboxylic acids is 1. The Morgan fingerprint density at radius 3 is 3.05 bits per heavy atom. The summed E-state index contributed by atoms with van der Waals surface area (Å²) in [5.74, 6) is 0.397. The first-order chi connectivity index (χ1) is 9.04. The molecule has 0 saturated carbocycles. The van der Waals surface area contributed by atoms with Gasteiger partial charge in [0.1, 0.15) is 5.76 Å². The van der Waals surface area contributed by atoms with Crippen LogP contribution in [0.15, 0.2) is 10.6 Å². The molecule has 104 valence electrons. The molecule has 0 spiro atoms. The van der Waals surface area contributed by atoms with Crippen molar-refractivity contribution in [2.75, 3.05) is 13.1 Å². The van der Waals surface area contributed by atoms with Gasteiger partial charge < -0.3 is 19.7 Å². The molecule has 0 aliphatic carbocycles. The highest BCUT2D eigenvalue weighted by Gasteiger charge is 2.27. The predicted molar refractivity (Wildman–Crippen MR) is 65.4 cm³/mol. The summed E-state index contributed by atoms with van der Waals surface area (Å²) in [6, 6.07) is -0.205. The Balaban J connectivity index is 1.76. The number of carboxylic acids is 1. The van der Waals surface area contributed by atoms with Crippen molar-refractivity contribution in [2.45, 2.75) is 26.3 Å². The normalized spacial score (nSPS) is 18.6. The number of carbonyl (C=O) groups is 2. The topological polar surface area (TPSA) is 95.7 Å². The molecule has 0 bridgehead atoms. The van der Waals surface area contributed by atoms with E-state index < -0.39 is 5.97 Å². The minimum absolute atomic E-state index is 0.0484. The third-order valence-electron chi connectivity index (χ3n) is 3.10. The number of aromatic nitrogens is 1. The molecule has 1 unspecified atom stereocenters. The molecule has 0 radical (unpaired) electrons. The smallest absolute Gasteiger partial charge is 0.317 e. The monoisotopic (exact) mass is 267 g/mol. The van der Waals surface area contributed by atoms with E-state index in [-0.39, 0.29) is 24.9 Å². The van der Waals surface area contributed by atoms with Gasteiger partial charge in [-0.15, -0.1) is 0 Å². The molecule has 0 aromatic carbocycles. The lowest BCUT2D eigenvalue weighted by Gasteiger charge is -2.16. The molecule has 19 heavy (non-hydrogen) atoms. The molecule has 1 atom stereocenters. The van der Waals surface area contributed by atoms with Gasteiger partial charge in [-0.2, -0.15) is 0 Å². The zero-order valence-corrected chi connectivity index (χ0v) is 10.8. The van der Waals surface area contributed by atoms with Gasteiger partial charge in [0.15, 0.2) is 0 Å². The zero-order valence-electron chi connectivity index (χ0n) is 10.8. The molecule has 1 aromatic heterocycles. The number of carbonyl (C=O) groups excluding carboxylic acids is 1. The number of rotatable bonds is 4. The van der Waals surface area contributed by atoms with Crippen LogP contribution in [0.1, 0.15) is 24.5 Å². The lowest BCUT2D eigenvalue weighted by Crippen LogP contribution is -2.38. The number of hydrogen-bond acceptors (Lipinski definition) is 4. The fraction of sp³-hybridized carbons (Fsp3) is 0.583. The maximum absolute atomic E-state index is 11.9. The number of oxazole rings is 1. The van der Waals surface area contributed by atoms with Crippen molar-refractivity contribution in [3.05, 3.63) is 17.8 Å². The van der Waals surface area contributed by atoms with Gasteiger partial charge in [-0.3, -0.25) is 4.79 Å². The van der Waals surface area contributed by atoms with Crippen molar-refractivity contribution in [1.29, 1.82) is 0 Å². The SMILES string of the molecule is Cc1cnc(CNC(=O)N2CCC(CC(=O)O)C2)o1. The molecule has 2 N–H and O–H groups in total. The molecule has 1 aliphatic rings. The summed E-state index contributed by atoms with van der Waals surface area (Å²) in [7, 11) is 0. The minimum atomic E-state index is -0.817. The van der Waals surface area contributed by atoms with Crippen LogP contribution in [-0.2, 0) is 11.3 Å². The van der Waals surface area contributed by atoms with E-state index in [1.807, 2.05) is 0 Å². The molecule has 7 heteroatoms. The number of amides is 2. The predicted octanol–water partition coefficient (Wildman–Crippen LogP) is 0.989. The number of nitrogens with zero attached hydrogens (tertiary/aromatic N) is 2. The van der Waals surface area contributed by atoms with Crippen LogP contribution in [-0.4, -0.2) is 40.1 Å². The molecule has 7 nitrogen and oxygen atoms in total. The molecular weight excluding hydrogens is 250 g/mol. The number of hydrogen-bond donors (Lipinski definition) is 2. The Bertz CT molecular complexity index is 471. The molecule has 1 fully saturated rings.